The number of thiophene rings is 1. The van der Waals surface area contributed by atoms with Crippen LogP contribution in [-0.2, 0) is 0 Å². The normalized spacial score (nSPS) is 11.5. The van der Waals surface area contributed by atoms with E-state index in [9.17, 15) is 18.4 Å². The van der Waals surface area contributed by atoms with E-state index in [2.05, 4.69) is 10.6 Å². The number of rotatable bonds is 10. The van der Waals surface area contributed by atoms with Gasteiger partial charge in [-0.3, -0.25) is 9.59 Å². The van der Waals surface area contributed by atoms with E-state index < -0.39 is 23.1 Å². The molecule has 4 heterocycles. The Hall–Kier alpha value is -4.64. The van der Waals surface area contributed by atoms with E-state index in [-0.39, 0.29) is 24.3 Å². The molecule has 2 amide bonds. The zero-order valence-corrected chi connectivity index (χ0v) is 26.3. The van der Waals surface area contributed by atoms with Crippen molar-refractivity contribution < 1.29 is 31.6 Å². The molecular weight excluding hydrogens is 657 g/mol. The Morgan fingerprint density at radius 1 is 0.674 bits per heavy atom. The number of halogens is 4. The Morgan fingerprint density at radius 2 is 1.24 bits per heavy atom. The van der Waals surface area contributed by atoms with Crippen LogP contribution < -0.4 is 10.6 Å². The summed E-state index contributed by atoms with van der Waals surface area (Å²) in [6.45, 7) is 0.515. The summed E-state index contributed by atoms with van der Waals surface area (Å²) in [6, 6.07) is 22.8. The van der Waals surface area contributed by atoms with Gasteiger partial charge in [0.2, 0.25) is 0 Å². The molecule has 4 aromatic heterocycles. The van der Waals surface area contributed by atoms with Gasteiger partial charge >= 0.3 is 0 Å². The molecule has 12 heteroatoms. The van der Waals surface area contributed by atoms with Crippen LogP contribution in [-0.4, -0.2) is 24.9 Å². The average molecular weight is 684 g/mol. The molecule has 7 nitrogen and oxygen atoms in total. The molecule has 2 N–H and O–H groups in total. The minimum Gasteiger partial charge on any atom is -0.469 e. The van der Waals surface area contributed by atoms with Crippen LogP contribution in [0.25, 0.3) is 0 Å². The number of nitrogens with one attached hydrogen (secondary N) is 2. The topological polar surface area (TPSA) is 97.6 Å². The summed E-state index contributed by atoms with van der Waals surface area (Å²) in [5, 5.41) is 8.12. The molecule has 6 aromatic rings. The molecule has 6 rings (SSSR count). The van der Waals surface area contributed by atoms with Gasteiger partial charge in [0.15, 0.2) is 0 Å². The van der Waals surface area contributed by atoms with Crippen LogP contribution in [0.5, 0.6) is 0 Å². The maximum atomic E-state index is 13.7. The molecule has 0 spiro atoms. The molecule has 0 saturated carbocycles. The summed E-state index contributed by atoms with van der Waals surface area (Å²) in [5.41, 5.74) is -0.131. The van der Waals surface area contributed by atoms with Crippen LogP contribution in [0, 0.1) is 11.6 Å². The van der Waals surface area contributed by atoms with E-state index in [0.717, 1.165) is 28.5 Å². The number of carbonyl (C=O) groups excluding carboxylic acids is 2. The third-order valence-corrected chi connectivity index (χ3v) is 8.58. The number of furan rings is 3. The Balaban J connectivity index is 0.000000181. The highest BCUT2D eigenvalue weighted by Gasteiger charge is 2.23. The highest BCUT2D eigenvalue weighted by atomic mass is 35.5. The fourth-order valence-corrected chi connectivity index (χ4v) is 5.71. The summed E-state index contributed by atoms with van der Waals surface area (Å²) in [5.74, 6) is -1.08. The van der Waals surface area contributed by atoms with Crippen molar-refractivity contribution in [3.8, 4) is 0 Å². The van der Waals surface area contributed by atoms with E-state index in [4.69, 9.17) is 36.5 Å². The molecule has 0 aliphatic rings. The second-order valence-electron chi connectivity index (χ2n) is 9.81. The zero-order valence-electron chi connectivity index (χ0n) is 23.9. The molecule has 2 aromatic carbocycles. The van der Waals surface area contributed by atoms with Crippen LogP contribution in [0.15, 0.2) is 122 Å². The molecule has 1 atom stereocenters. The van der Waals surface area contributed by atoms with Crippen molar-refractivity contribution in [2.75, 3.05) is 13.1 Å². The minimum absolute atomic E-state index is 0.181. The van der Waals surface area contributed by atoms with Crippen LogP contribution in [0.2, 0.25) is 10.0 Å². The molecule has 0 saturated heterocycles. The Morgan fingerprint density at radius 3 is 1.76 bits per heavy atom. The van der Waals surface area contributed by atoms with Crippen molar-refractivity contribution in [2.24, 2.45) is 0 Å². The highest BCUT2D eigenvalue weighted by Crippen LogP contribution is 2.29. The predicted octanol–water partition coefficient (Wildman–Crippen LogP) is 8.92. The van der Waals surface area contributed by atoms with Crippen LogP contribution in [0.1, 0.15) is 54.7 Å². The van der Waals surface area contributed by atoms with Gasteiger partial charge in [-0.15, -0.1) is 11.3 Å². The minimum atomic E-state index is -0.881. The first kappa shape index (κ1) is 32.7. The summed E-state index contributed by atoms with van der Waals surface area (Å²) in [6.07, 6.45) is 4.73. The summed E-state index contributed by atoms with van der Waals surface area (Å²) in [7, 11) is 0. The molecule has 0 aliphatic heterocycles. The smallest absolute Gasteiger partial charge is 0.257 e. The van der Waals surface area contributed by atoms with E-state index in [1.54, 1.807) is 55.2 Å². The summed E-state index contributed by atoms with van der Waals surface area (Å²) >= 11 is 13.3. The zero-order chi connectivity index (χ0) is 32.5. The molecule has 0 bridgehead atoms. The largest absolute Gasteiger partial charge is 0.469 e. The second kappa shape index (κ2) is 15.6. The molecule has 1 unspecified atom stereocenters. The second-order valence-corrected chi connectivity index (χ2v) is 11.6. The Kier molecular flexibility index (Phi) is 11.1. The number of amides is 2. The van der Waals surface area contributed by atoms with Crippen LogP contribution in [0.3, 0.4) is 0 Å². The molecule has 0 aliphatic carbocycles. The van der Waals surface area contributed by atoms with Gasteiger partial charge in [-0.2, -0.15) is 0 Å². The van der Waals surface area contributed by atoms with Gasteiger partial charge in [0.05, 0.1) is 40.7 Å². The first-order valence-electron chi connectivity index (χ1n) is 13.9. The maximum Gasteiger partial charge on any atom is 0.257 e. The van der Waals surface area contributed by atoms with E-state index >= 15 is 0 Å². The first-order chi connectivity index (χ1) is 22.3. The number of hydrogen-bond donors (Lipinski definition) is 2. The van der Waals surface area contributed by atoms with Crippen molar-refractivity contribution in [3.63, 3.8) is 0 Å². The lowest BCUT2D eigenvalue weighted by Crippen LogP contribution is -2.30. The summed E-state index contributed by atoms with van der Waals surface area (Å²) < 4.78 is 43.6. The van der Waals surface area contributed by atoms with Crippen molar-refractivity contribution in [2.45, 2.75) is 11.8 Å². The van der Waals surface area contributed by atoms with Gasteiger partial charge in [-0.05, 0) is 78.2 Å². The van der Waals surface area contributed by atoms with E-state index in [1.165, 1.54) is 23.5 Å². The van der Waals surface area contributed by atoms with Crippen molar-refractivity contribution in [3.05, 3.63) is 164 Å². The van der Waals surface area contributed by atoms with Crippen molar-refractivity contribution in [1.82, 2.24) is 10.6 Å². The lowest BCUT2D eigenvalue weighted by molar-refractivity contribution is 0.0937. The van der Waals surface area contributed by atoms with Gasteiger partial charge in [-0.1, -0.05) is 35.3 Å². The van der Waals surface area contributed by atoms with Gasteiger partial charge in [0, 0.05) is 23.5 Å². The number of carbonyl (C=O) groups is 2. The average Bonchev–Trinajstić information content (AvgIpc) is 3.88. The molecule has 0 fully saturated rings. The van der Waals surface area contributed by atoms with Crippen molar-refractivity contribution in [1.29, 1.82) is 0 Å². The standard InChI is InChI=1S/C17H13Cl2NO3.C17H13F2NO2S/c18-13-6-5-11(9-14(13)19)17(21)20-10-12(15-3-1-7-22-15)16-4-2-8-23-16;18-12-4-1-5-13(19)16(12)17(21)20-10-11(14-6-2-8-22-14)15-7-3-9-23-15/h1-9,12H,10H2,(H,20,21);1-9,11H,10H2,(H,20,21). The molecule has 0 radical (unpaired) electrons. The van der Waals surface area contributed by atoms with Crippen LogP contribution >= 0.6 is 34.5 Å². The molecule has 236 valence electrons. The van der Waals surface area contributed by atoms with Gasteiger partial charge in [0.25, 0.3) is 11.8 Å². The maximum absolute atomic E-state index is 13.7. The van der Waals surface area contributed by atoms with Crippen molar-refractivity contribution >= 4 is 46.4 Å². The first-order valence-corrected chi connectivity index (χ1v) is 15.5. The lowest BCUT2D eigenvalue weighted by Gasteiger charge is -2.14. The van der Waals surface area contributed by atoms with E-state index in [0.29, 0.717) is 27.9 Å². The SMILES string of the molecule is O=C(NCC(c1ccco1)c1ccco1)c1ccc(Cl)c(Cl)c1.O=C(NCC(c1ccco1)c1cccs1)c1c(F)cccc1F. The monoisotopic (exact) mass is 682 g/mol. The van der Waals surface area contributed by atoms with Gasteiger partial charge in [0.1, 0.15) is 34.5 Å². The van der Waals surface area contributed by atoms with Gasteiger partial charge in [-0.25, -0.2) is 8.78 Å². The number of benzene rings is 2. The van der Waals surface area contributed by atoms with Gasteiger partial charge < -0.3 is 23.9 Å². The molecule has 46 heavy (non-hydrogen) atoms. The Bertz CT molecular complexity index is 1760. The van der Waals surface area contributed by atoms with Crippen LogP contribution in [0.4, 0.5) is 8.78 Å². The Labute approximate surface area is 276 Å². The highest BCUT2D eigenvalue weighted by molar-refractivity contribution is 7.10. The summed E-state index contributed by atoms with van der Waals surface area (Å²) in [4.78, 5) is 25.4. The quantitative estimate of drug-likeness (QED) is 0.150. The molecular formula is C34H26Cl2F2N2O5S. The fourth-order valence-electron chi connectivity index (χ4n) is 4.57. The predicted molar refractivity (Wildman–Crippen MR) is 172 cm³/mol. The number of hydrogen-bond acceptors (Lipinski definition) is 6. The van der Waals surface area contributed by atoms with E-state index in [1.807, 2.05) is 29.6 Å². The lowest BCUT2D eigenvalue weighted by atomic mass is 10.0. The third kappa shape index (κ3) is 8.14. The fraction of sp³-hybridized carbons (Fsp3) is 0.118. The third-order valence-electron chi connectivity index (χ3n) is 6.85.